The van der Waals surface area contributed by atoms with Gasteiger partial charge in [0.1, 0.15) is 0 Å². The van der Waals surface area contributed by atoms with Crippen molar-refractivity contribution in [2.45, 2.75) is 56.6 Å². The van der Waals surface area contributed by atoms with Crippen LogP contribution in [-0.4, -0.2) is 56.1 Å². The molecular formula is C27H34N4O5S2. The number of hydrogen-bond donors (Lipinski definition) is 3. The molecule has 0 unspecified atom stereocenters. The summed E-state index contributed by atoms with van der Waals surface area (Å²) in [7, 11) is -6.63. The van der Waals surface area contributed by atoms with Gasteiger partial charge in [0, 0.05) is 30.4 Å². The minimum Gasteiger partial charge on any atom is -0.366 e. The van der Waals surface area contributed by atoms with Crippen molar-refractivity contribution in [3.05, 3.63) is 53.7 Å². The van der Waals surface area contributed by atoms with Crippen LogP contribution in [0.25, 0.3) is 22.0 Å². The summed E-state index contributed by atoms with van der Waals surface area (Å²) in [5, 5.41) is 0.544. The van der Waals surface area contributed by atoms with Crippen LogP contribution >= 0.6 is 0 Å². The number of benzene rings is 2. The van der Waals surface area contributed by atoms with E-state index >= 15 is 0 Å². The number of anilines is 1. The number of aromatic amines is 1. The molecule has 0 bridgehead atoms. The Kier molecular flexibility index (Phi) is 7.27. The number of fused-ring (bicyclic) bond motifs is 1. The lowest BCUT2D eigenvalue weighted by Crippen LogP contribution is -2.38. The fourth-order valence-electron chi connectivity index (χ4n) is 5.76. The minimum atomic E-state index is -3.42. The molecular weight excluding hydrogens is 524 g/mol. The number of nitrogens with one attached hydrogen (secondary N) is 2. The number of primary amides is 1. The number of H-pyrrole nitrogens is 1. The summed E-state index contributed by atoms with van der Waals surface area (Å²) in [5.41, 5.74) is 9.95. The number of rotatable bonds is 8. The van der Waals surface area contributed by atoms with Crippen LogP contribution in [0, 0.1) is 0 Å². The Balaban J connectivity index is 1.43. The van der Waals surface area contributed by atoms with Gasteiger partial charge in [-0.1, -0.05) is 25.0 Å². The van der Waals surface area contributed by atoms with E-state index in [-0.39, 0.29) is 16.9 Å². The molecule has 0 atom stereocenters. The highest BCUT2D eigenvalue weighted by Gasteiger charge is 2.30. The Morgan fingerprint density at radius 3 is 2.26 bits per heavy atom. The highest BCUT2D eigenvalue weighted by atomic mass is 32.2. The minimum absolute atomic E-state index is 0.0942. The summed E-state index contributed by atoms with van der Waals surface area (Å²) >= 11 is 0. The van der Waals surface area contributed by atoms with Gasteiger partial charge in [0.25, 0.3) is 5.91 Å². The number of piperidine rings is 1. The molecule has 0 spiro atoms. The molecule has 11 heteroatoms. The van der Waals surface area contributed by atoms with Crippen molar-refractivity contribution in [1.82, 2.24) is 9.29 Å². The zero-order chi connectivity index (χ0) is 27.1. The fraction of sp³-hybridized carbons (Fsp3) is 0.444. The second-order valence-electron chi connectivity index (χ2n) is 10.3. The molecule has 2 fully saturated rings. The van der Waals surface area contributed by atoms with E-state index in [1.807, 2.05) is 24.4 Å². The monoisotopic (exact) mass is 558 g/mol. The SMILES string of the molecule is CCS(=O)(=O)N1CCC(c2c[nH]c3c(C(N)=O)cc(-c4ccc(NS(=O)(=O)C5CCCC5)cc4)cc23)CC1. The van der Waals surface area contributed by atoms with E-state index in [2.05, 4.69) is 9.71 Å². The molecule has 38 heavy (non-hydrogen) atoms. The molecule has 1 saturated carbocycles. The Morgan fingerprint density at radius 2 is 1.66 bits per heavy atom. The fourth-order valence-corrected chi connectivity index (χ4v) is 8.47. The number of nitrogens with two attached hydrogens (primary N) is 1. The van der Waals surface area contributed by atoms with Gasteiger partial charge >= 0.3 is 0 Å². The molecule has 2 aliphatic rings. The summed E-state index contributed by atoms with van der Waals surface area (Å²) in [6.45, 7) is 2.59. The van der Waals surface area contributed by atoms with Gasteiger partial charge in [0.15, 0.2) is 0 Å². The molecule has 1 aliphatic carbocycles. The second-order valence-corrected chi connectivity index (χ2v) is 14.5. The van der Waals surface area contributed by atoms with Crippen molar-refractivity contribution in [3.8, 4) is 11.1 Å². The van der Waals surface area contributed by atoms with Crippen LogP contribution in [0.5, 0.6) is 0 Å². The van der Waals surface area contributed by atoms with E-state index in [0.29, 0.717) is 55.5 Å². The topological polar surface area (TPSA) is 142 Å². The van der Waals surface area contributed by atoms with Crippen molar-refractivity contribution in [2.24, 2.45) is 5.73 Å². The third-order valence-electron chi connectivity index (χ3n) is 7.96. The van der Waals surface area contributed by atoms with Crippen LogP contribution in [0.15, 0.2) is 42.6 Å². The number of hydrogen-bond acceptors (Lipinski definition) is 5. The standard InChI is InChI=1S/C27H34N4O5S2/c1-2-37(33,34)31-13-11-19(12-14-31)25-17-29-26-23(25)15-20(16-24(26)27(28)32)18-7-9-21(10-8-18)30-38(35,36)22-5-3-4-6-22/h7-10,15-17,19,22,29-30H,2-6,11-14H2,1H3,(H2,28,32). The van der Waals surface area contributed by atoms with E-state index in [4.69, 9.17) is 5.73 Å². The van der Waals surface area contributed by atoms with Crippen LogP contribution in [0.4, 0.5) is 5.69 Å². The van der Waals surface area contributed by atoms with Crippen LogP contribution in [-0.2, 0) is 20.0 Å². The van der Waals surface area contributed by atoms with Crippen molar-refractivity contribution in [2.75, 3.05) is 23.6 Å². The molecule has 2 heterocycles. The third-order valence-corrected chi connectivity index (χ3v) is 11.7. The van der Waals surface area contributed by atoms with Crippen molar-refractivity contribution >= 4 is 42.5 Å². The summed E-state index contributed by atoms with van der Waals surface area (Å²) < 4.78 is 54.2. The lowest BCUT2D eigenvalue weighted by atomic mass is 9.88. The number of amides is 1. The second kappa shape index (κ2) is 10.3. The first-order valence-electron chi connectivity index (χ1n) is 13.1. The first-order chi connectivity index (χ1) is 18.1. The molecule has 4 N–H and O–H groups in total. The Morgan fingerprint density at radius 1 is 1.00 bits per heavy atom. The van der Waals surface area contributed by atoms with Crippen molar-refractivity contribution in [3.63, 3.8) is 0 Å². The number of sulfonamides is 2. The predicted octanol–water partition coefficient (Wildman–Crippen LogP) is 4.15. The maximum absolute atomic E-state index is 12.7. The van der Waals surface area contributed by atoms with E-state index in [1.165, 1.54) is 0 Å². The summed E-state index contributed by atoms with van der Waals surface area (Å²) in [4.78, 5) is 15.6. The number of carbonyl (C=O) groups is 1. The van der Waals surface area contributed by atoms with Gasteiger partial charge in [-0.15, -0.1) is 0 Å². The lowest BCUT2D eigenvalue weighted by Gasteiger charge is -2.31. The van der Waals surface area contributed by atoms with Crippen LogP contribution in [0.1, 0.15) is 67.3 Å². The van der Waals surface area contributed by atoms with Gasteiger partial charge < -0.3 is 10.7 Å². The predicted molar refractivity (Wildman–Crippen MR) is 150 cm³/mol. The molecule has 9 nitrogen and oxygen atoms in total. The Bertz CT molecular complexity index is 1550. The molecule has 1 aromatic heterocycles. The van der Waals surface area contributed by atoms with Gasteiger partial charge in [-0.2, -0.15) is 0 Å². The van der Waals surface area contributed by atoms with Crippen LogP contribution < -0.4 is 10.5 Å². The van der Waals surface area contributed by atoms with Gasteiger partial charge in [-0.3, -0.25) is 9.52 Å². The average molecular weight is 559 g/mol. The summed E-state index contributed by atoms with van der Waals surface area (Å²) in [6.07, 6.45) is 6.54. The number of aromatic nitrogens is 1. The van der Waals surface area contributed by atoms with E-state index in [1.54, 1.807) is 29.4 Å². The Labute approximate surface area is 223 Å². The normalized spacial score (nSPS) is 18.2. The highest BCUT2D eigenvalue weighted by Crippen LogP contribution is 2.37. The molecule has 1 saturated heterocycles. The first-order valence-corrected chi connectivity index (χ1v) is 16.3. The van der Waals surface area contributed by atoms with Crippen molar-refractivity contribution < 1.29 is 21.6 Å². The molecule has 204 valence electrons. The summed E-state index contributed by atoms with van der Waals surface area (Å²) in [6, 6.07) is 10.9. The molecule has 1 amide bonds. The van der Waals surface area contributed by atoms with E-state index < -0.39 is 26.0 Å². The third kappa shape index (κ3) is 5.19. The maximum Gasteiger partial charge on any atom is 0.250 e. The molecule has 2 aromatic carbocycles. The van der Waals surface area contributed by atoms with E-state index in [0.717, 1.165) is 34.9 Å². The number of nitrogens with zero attached hydrogens (tertiary/aromatic N) is 1. The highest BCUT2D eigenvalue weighted by molar-refractivity contribution is 7.93. The van der Waals surface area contributed by atoms with Crippen molar-refractivity contribution in [1.29, 1.82) is 0 Å². The largest absolute Gasteiger partial charge is 0.366 e. The van der Waals surface area contributed by atoms with E-state index in [9.17, 15) is 21.6 Å². The number of carbonyl (C=O) groups excluding carboxylic acids is 1. The molecule has 1 aliphatic heterocycles. The molecule has 0 radical (unpaired) electrons. The summed E-state index contributed by atoms with van der Waals surface area (Å²) in [5.74, 6) is -0.304. The van der Waals surface area contributed by atoms with Crippen LogP contribution in [0.3, 0.4) is 0 Å². The quantitative estimate of drug-likeness (QED) is 0.381. The first kappa shape index (κ1) is 26.7. The van der Waals surface area contributed by atoms with Gasteiger partial charge in [0.05, 0.1) is 22.1 Å². The van der Waals surface area contributed by atoms with Crippen LogP contribution in [0.2, 0.25) is 0 Å². The molecule has 5 rings (SSSR count). The van der Waals surface area contributed by atoms with Gasteiger partial charge in [-0.05, 0) is 79.5 Å². The van der Waals surface area contributed by atoms with Gasteiger partial charge in [-0.25, -0.2) is 21.1 Å². The maximum atomic E-state index is 12.7. The smallest absolute Gasteiger partial charge is 0.250 e. The zero-order valence-electron chi connectivity index (χ0n) is 21.4. The average Bonchev–Trinajstić information content (AvgIpc) is 3.59. The Hall–Kier alpha value is -2.89. The van der Waals surface area contributed by atoms with Gasteiger partial charge in [0.2, 0.25) is 20.0 Å². The molecule has 3 aromatic rings. The zero-order valence-corrected chi connectivity index (χ0v) is 23.1. The lowest BCUT2D eigenvalue weighted by molar-refractivity contribution is 0.100.